The molecule has 2 atom stereocenters. The summed E-state index contributed by atoms with van der Waals surface area (Å²) in [5.41, 5.74) is 1.41. The first-order valence-electron chi connectivity index (χ1n) is 5.26. The van der Waals surface area contributed by atoms with Crippen LogP contribution in [0.2, 0.25) is 0 Å². The van der Waals surface area contributed by atoms with Gasteiger partial charge in [0.05, 0.1) is 0 Å². The van der Waals surface area contributed by atoms with Crippen molar-refractivity contribution in [3.63, 3.8) is 0 Å². The minimum absolute atomic E-state index is 0.543. The smallest absolute Gasteiger partial charge is 0.0346 e. The van der Waals surface area contributed by atoms with E-state index in [-0.39, 0.29) is 0 Å². The topological polar surface area (TPSA) is 12.0 Å². The van der Waals surface area contributed by atoms with Crippen molar-refractivity contribution in [1.82, 2.24) is 5.32 Å². The van der Waals surface area contributed by atoms with Gasteiger partial charge in [-0.3, -0.25) is 0 Å². The van der Waals surface area contributed by atoms with Gasteiger partial charge in [0.25, 0.3) is 0 Å². The first kappa shape index (κ1) is 10.2. The van der Waals surface area contributed by atoms with Crippen LogP contribution in [-0.4, -0.2) is 6.54 Å². The fraction of sp³-hybridized carbons (Fsp3) is 0.500. The van der Waals surface area contributed by atoms with Crippen molar-refractivity contribution in [2.45, 2.75) is 25.8 Å². The molecule has 0 saturated carbocycles. The van der Waals surface area contributed by atoms with E-state index in [1.165, 1.54) is 22.9 Å². The van der Waals surface area contributed by atoms with E-state index < -0.39 is 0 Å². The van der Waals surface area contributed by atoms with E-state index in [4.69, 9.17) is 0 Å². The van der Waals surface area contributed by atoms with Crippen molar-refractivity contribution < 1.29 is 0 Å². The van der Waals surface area contributed by atoms with Crippen LogP contribution < -0.4 is 5.32 Å². The van der Waals surface area contributed by atoms with Gasteiger partial charge in [-0.2, -0.15) is 0 Å². The first-order valence-corrected chi connectivity index (χ1v) is 6.05. The quantitative estimate of drug-likeness (QED) is 0.808. The molecule has 1 N–H and O–H groups in total. The highest BCUT2D eigenvalue weighted by molar-refractivity contribution is 9.10. The molecule has 0 spiro atoms. The Morgan fingerprint density at radius 3 is 3.00 bits per heavy atom. The summed E-state index contributed by atoms with van der Waals surface area (Å²) in [6, 6.07) is 9.17. The minimum atomic E-state index is 0.543. The second-order valence-electron chi connectivity index (χ2n) is 4.11. The van der Waals surface area contributed by atoms with E-state index in [0.29, 0.717) is 6.04 Å². The van der Waals surface area contributed by atoms with Gasteiger partial charge in [-0.05, 0) is 43.0 Å². The van der Waals surface area contributed by atoms with E-state index in [0.717, 1.165) is 12.5 Å². The van der Waals surface area contributed by atoms with Crippen LogP contribution in [0.4, 0.5) is 0 Å². The second-order valence-corrected chi connectivity index (χ2v) is 5.02. The maximum Gasteiger partial charge on any atom is 0.0346 e. The molecule has 1 nitrogen and oxygen atoms in total. The Balaban J connectivity index is 2.20. The zero-order valence-electron chi connectivity index (χ0n) is 8.46. The molecule has 0 aromatic heterocycles. The summed E-state index contributed by atoms with van der Waals surface area (Å²) in [5.74, 6) is 0.748. The number of rotatable bonds is 1. The Kier molecular flexibility index (Phi) is 3.24. The largest absolute Gasteiger partial charge is 0.310 e. The van der Waals surface area contributed by atoms with Gasteiger partial charge in [0.1, 0.15) is 0 Å². The molecule has 14 heavy (non-hydrogen) atoms. The van der Waals surface area contributed by atoms with Crippen LogP contribution in [0.3, 0.4) is 0 Å². The molecule has 2 unspecified atom stereocenters. The van der Waals surface area contributed by atoms with E-state index in [9.17, 15) is 0 Å². The van der Waals surface area contributed by atoms with Crippen molar-refractivity contribution >= 4 is 15.9 Å². The lowest BCUT2D eigenvalue weighted by Crippen LogP contribution is -2.32. The van der Waals surface area contributed by atoms with Gasteiger partial charge in [0.15, 0.2) is 0 Å². The normalized spacial score (nSPS) is 27.6. The van der Waals surface area contributed by atoms with Gasteiger partial charge in [0, 0.05) is 10.5 Å². The SMILES string of the molecule is CC1CCCNC1c1cccc(Br)c1. The third-order valence-corrected chi connectivity index (χ3v) is 3.47. The van der Waals surface area contributed by atoms with Gasteiger partial charge in [-0.1, -0.05) is 35.0 Å². The molecule has 1 aliphatic heterocycles. The number of nitrogens with one attached hydrogen (secondary N) is 1. The molecule has 2 heteroatoms. The maximum absolute atomic E-state index is 3.59. The van der Waals surface area contributed by atoms with Gasteiger partial charge in [-0.15, -0.1) is 0 Å². The summed E-state index contributed by atoms with van der Waals surface area (Å²) < 4.78 is 1.18. The zero-order chi connectivity index (χ0) is 9.97. The molecule has 1 aromatic carbocycles. The van der Waals surface area contributed by atoms with Gasteiger partial charge in [0.2, 0.25) is 0 Å². The highest BCUT2D eigenvalue weighted by atomic mass is 79.9. The Morgan fingerprint density at radius 2 is 2.29 bits per heavy atom. The standard InChI is InChI=1S/C12H16BrN/c1-9-4-3-7-14-12(9)10-5-2-6-11(13)8-10/h2,5-6,8-9,12,14H,3-4,7H2,1H3. The van der Waals surface area contributed by atoms with E-state index in [2.05, 4.69) is 52.4 Å². The van der Waals surface area contributed by atoms with Crippen LogP contribution in [-0.2, 0) is 0 Å². The van der Waals surface area contributed by atoms with Crippen LogP contribution in [0.25, 0.3) is 0 Å². The minimum Gasteiger partial charge on any atom is -0.310 e. The molecule has 1 aliphatic rings. The van der Waals surface area contributed by atoms with Crippen molar-refractivity contribution in [2.75, 3.05) is 6.54 Å². The molecule has 76 valence electrons. The Hall–Kier alpha value is -0.340. The van der Waals surface area contributed by atoms with E-state index in [1.54, 1.807) is 0 Å². The predicted octanol–water partition coefficient (Wildman–Crippen LogP) is 3.51. The van der Waals surface area contributed by atoms with Crippen molar-refractivity contribution in [2.24, 2.45) is 5.92 Å². The Labute approximate surface area is 94.0 Å². The summed E-state index contributed by atoms with van der Waals surface area (Å²) in [7, 11) is 0. The van der Waals surface area contributed by atoms with Crippen LogP contribution in [0.5, 0.6) is 0 Å². The molecule has 0 bridgehead atoms. The number of hydrogen-bond acceptors (Lipinski definition) is 1. The molecule has 0 aliphatic carbocycles. The fourth-order valence-corrected chi connectivity index (χ4v) is 2.61. The number of halogens is 1. The average Bonchev–Trinajstić information content (AvgIpc) is 2.18. The van der Waals surface area contributed by atoms with Gasteiger partial charge in [-0.25, -0.2) is 0 Å². The molecule has 1 fully saturated rings. The van der Waals surface area contributed by atoms with Gasteiger partial charge >= 0.3 is 0 Å². The molecular formula is C12H16BrN. The fourth-order valence-electron chi connectivity index (χ4n) is 2.20. The van der Waals surface area contributed by atoms with Crippen molar-refractivity contribution in [3.8, 4) is 0 Å². The van der Waals surface area contributed by atoms with Crippen LogP contribution in [0, 0.1) is 5.92 Å². The summed E-state index contributed by atoms with van der Waals surface area (Å²) in [6.45, 7) is 3.49. The molecule has 1 heterocycles. The molecule has 2 rings (SSSR count). The van der Waals surface area contributed by atoms with Crippen molar-refractivity contribution in [1.29, 1.82) is 0 Å². The number of benzene rings is 1. The third kappa shape index (κ3) is 2.18. The summed E-state index contributed by atoms with van der Waals surface area (Å²) in [4.78, 5) is 0. The van der Waals surface area contributed by atoms with Crippen LogP contribution >= 0.6 is 15.9 Å². The van der Waals surface area contributed by atoms with Gasteiger partial charge < -0.3 is 5.32 Å². The monoisotopic (exact) mass is 253 g/mol. The average molecular weight is 254 g/mol. The molecular weight excluding hydrogens is 238 g/mol. The molecule has 1 aromatic rings. The highest BCUT2D eigenvalue weighted by Gasteiger charge is 2.21. The molecule has 1 saturated heterocycles. The maximum atomic E-state index is 3.59. The second kappa shape index (κ2) is 4.45. The lowest BCUT2D eigenvalue weighted by Gasteiger charge is -2.30. The van der Waals surface area contributed by atoms with Crippen LogP contribution in [0.15, 0.2) is 28.7 Å². The lowest BCUT2D eigenvalue weighted by atomic mass is 9.88. The highest BCUT2D eigenvalue weighted by Crippen LogP contribution is 2.29. The van der Waals surface area contributed by atoms with E-state index >= 15 is 0 Å². The first-order chi connectivity index (χ1) is 6.77. The number of piperidine rings is 1. The predicted molar refractivity (Wildman–Crippen MR) is 63.3 cm³/mol. The molecule has 0 amide bonds. The Bertz CT molecular complexity index is 311. The van der Waals surface area contributed by atoms with Crippen LogP contribution in [0.1, 0.15) is 31.4 Å². The zero-order valence-corrected chi connectivity index (χ0v) is 10.0. The third-order valence-electron chi connectivity index (χ3n) is 2.98. The van der Waals surface area contributed by atoms with E-state index in [1.807, 2.05) is 0 Å². The number of hydrogen-bond donors (Lipinski definition) is 1. The molecule has 0 radical (unpaired) electrons. The lowest BCUT2D eigenvalue weighted by molar-refractivity contribution is 0.306. The Morgan fingerprint density at radius 1 is 1.43 bits per heavy atom. The van der Waals surface area contributed by atoms with Crippen molar-refractivity contribution in [3.05, 3.63) is 34.3 Å². The summed E-state index contributed by atoms with van der Waals surface area (Å²) in [5, 5.41) is 3.59. The summed E-state index contributed by atoms with van der Waals surface area (Å²) in [6.07, 6.45) is 2.65. The summed E-state index contributed by atoms with van der Waals surface area (Å²) >= 11 is 3.52.